The van der Waals surface area contributed by atoms with Crippen molar-refractivity contribution in [3.8, 4) is 0 Å². The molecule has 0 spiro atoms. The van der Waals surface area contributed by atoms with Crippen LogP contribution in [0.4, 0.5) is 4.79 Å². The van der Waals surface area contributed by atoms with E-state index in [9.17, 15) is 4.79 Å². The van der Waals surface area contributed by atoms with E-state index in [0.29, 0.717) is 13.2 Å². The number of urea groups is 1. The lowest BCUT2D eigenvalue weighted by Gasteiger charge is -2.23. The molecular formula is C16H21N3O3S. The van der Waals surface area contributed by atoms with Gasteiger partial charge in [-0.3, -0.25) is 0 Å². The second-order valence-corrected chi connectivity index (χ2v) is 6.27. The van der Waals surface area contributed by atoms with Gasteiger partial charge in [0, 0.05) is 32.0 Å². The topological polar surface area (TPSA) is 67.6 Å². The highest BCUT2D eigenvalue weighted by atomic mass is 32.1. The molecular weight excluding hydrogens is 314 g/mol. The Bertz CT molecular complexity index is 626. The Balaban J connectivity index is 1.55. The zero-order valence-electron chi connectivity index (χ0n) is 13.2. The quantitative estimate of drug-likeness (QED) is 0.881. The van der Waals surface area contributed by atoms with Crippen LogP contribution in [0, 0.1) is 0 Å². The Labute approximate surface area is 139 Å². The molecule has 1 atom stereocenters. The molecule has 0 radical (unpaired) electrons. The lowest BCUT2D eigenvalue weighted by molar-refractivity contribution is 0.156. The molecule has 0 unspecified atom stereocenters. The van der Waals surface area contributed by atoms with E-state index in [0.717, 1.165) is 43.0 Å². The van der Waals surface area contributed by atoms with Crippen molar-refractivity contribution in [1.29, 1.82) is 0 Å². The largest absolute Gasteiger partial charge is 0.461 e. The molecule has 7 heteroatoms. The van der Waals surface area contributed by atoms with E-state index < -0.39 is 0 Å². The Hall–Kier alpha value is -1.86. The fourth-order valence-corrected chi connectivity index (χ4v) is 3.45. The van der Waals surface area contributed by atoms with Gasteiger partial charge in [-0.15, -0.1) is 11.3 Å². The van der Waals surface area contributed by atoms with Crippen molar-refractivity contribution in [3.63, 3.8) is 0 Å². The number of carbonyl (C=O) groups is 1. The number of nitrogens with zero attached hydrogens (tertiary/aromatic N) is 2. The van der Waals surface area contributed by atoms with E-state index in [1.54, 1.807) is 18.4 Å². The molecule has 1 aliphatic heterocycles. The number of thiazole rings is 1. The maximum absolute atomic E-state index is 12.4. The van der Waals surface area contributed by atoms with Crippen molar-refractivity contribution < 1.29 is 13.9 Å². The number of hydrogen-bond acceptors (Lipinski definition) is 5. The molecule has 6 nitrogen and oxygen atoms in total. The molecule has 0 aromatic carbocycles. The third kappa shape index (κ3) is 3.92. The van der Waals surface area contributed by atoms with Crippen LogP contribution in [0.3, 0.4) is 0 Å². The van der Waals surface area contributed by atoms with Gasteiger partial charge in [-0.25, -0.2) is 9.78 Å². The first-order valence-electron chi connectivity index (χ1n) is 7.77. The average molecular weight is 335 g/mol. The molecule has 3 rings (SSSR count). The maximum Gasteiger partial charge on any atom is 0.318 e. The summed E-state index contributed by atoms with van der Waals surface area (Å²) in [6.07, 6.45) is 2.68. The van der Waals surface area contributed by atoms with Crippen LogP contribution in [-0.4, -0.2) is 36.1 Å². The molecule has 2 aromatic heterocycles. The summed E-state index contributed by atoms with van der Waals surface area (Å²) in [6.45, 7) is 1.80. The highest BCUT2D eigenvalue weighted by Gasteiger charge is 2.32. The van der Waals surface area contributed by atoms with Gasteiger partial charge in [0.2, 0.25) is 0 Å². The minimum atomic E-state index is -0.0348. The van der Waals surface area contributed by atoms with Crippen molar-refractivity contribution in [2.45, 2.75) is 31.9 Å². The maximum atomic E-state index is 12.4. The molecule has 0 bridgehead atoms. The zero-order chi connectivity index (χ0) is 16.1. The normalized spacial score (nSPS) is 17.6. The van der Waals surface area contributed by atoms with E-state index in [2.05, 4.69) is 10.3 Å². The van der Waals surface area contributed by atoms with Crippen LogP contribution in [0.5, 0.6) is 0 Å². The van der Waals surface area contributed by atoms with Crippen LogP contribution in [0.1, 0.15) is 36.1 Å². The van der Waals surface area contributed by atoms with Crippen molar-refractivity contribution in [2.75, 3.05) is 20.2 Å². The number of methoxy groups -OCH3 is 1. The number of likely N-dealkylation sites (tertiary alicyclic amines) is 1. The monoisotopic (exact) mass is 335 g/mol. The Kier molecular flexibility index (Phi) is 5.30. The van der Waals surface area contributed by atoms with Crippen LogP contribution < -0.4 is 5.32 Å². The second kappa shape index (κ2) is 7.61. The minimum Gasteiger partial charge on any atom is -0.461 e. The van der Waals surface area contributed by atoms with Crippen molar-refractivity contribution in [1.82, 2.24) is 15.2 Å². The van der Waals surface area contributed by atoms with Gasteiger partial charge in [-0.2, -0.15) is 0 Å². The molecule has 124 valence electrons. The van der Waals surface area contributed by atoms with Gasteiger partial charge in [0.1, 0.15) is 18.1 Å². The number of aromatic nitrogens is 1. The summed E-state index contributed by atoms with van der Waals surface area (Å²) in [5.74, 6) is 1.63. The predicted molar refractivity (Wildman–Crippen MR) is 87.3 cm³/mol. The van der Waals surface area contributed by atoms with Gasteiger partial charge in [0.05, 0.1) is 17.2 Å². The van der Waals surface area contributed by atoms with E-state index in [1.807, 2.05) is 27.9 Å². The number of rotatable bonds is 6. The van der Waals surface area contributed by atoms with Gasteiger partial charge in [0.25, 0.3) is 0 Å². The lowest BCUT2D eigenvalue weighted by atomic mass is 10.2. The highest BCUT2D eigenvalue weighted by Crippen LogP contribution is 2.33. The molecule has 1 N–H and O–H groups in total. The number of ether oxygens (including phenoxy) is 1. The van der Waals surface area contributed by atoms with Crippen LogP contribution >= 0.6 is 11.3 Å². The Morgan fingerprint density at radius 2 is 2.48 bits per heavy atom. The molecule has 2 aromatic rings. The van der Waals surface area contributed by atoms with Gasteiger partial charge in [0.15, 0.2) is 0 Å². The summed E-state index contributed by atoms with van der Waals surface area (Å²) in [7, 11) is 1.64. The lowest BCUT2D eigenvalue weighted by Crippen LogP contribution is -2.40. The standard InChI is InChI=1S/C16H21N3O3S/c1-21-9-13-4-5-15(22-13)14-3-2-8-19(14)16(20)17-7-6-12-10-23-11-18-12/h4-5,10-11,14H,2-3,6-9H2,1H3,(H,17,20)/t14-/m1/s1. The van der Waals surface area contributed by atoms with E-state index in [-0.39, 0.29) is 12.1 Å². The first kappa shape index (κ1) is 16.0. The van der Waals surface area contributed by atoms with E-state index in [4.69, 9.17) is 9.15 Å². The van der Waals surface area contributed by atoms with Crippen molar-refractivity contribution in [3.05, 3.63) is 40.2 Å². The Morgan fingerprint density at radius 3 is 3.26 bits per heavy atom. The van der Waals surface area contributed by atoms with Gasteiger partial charge < -0.3 is 19.4 Å². The number of amides is 2. The second-order valence-electron chi connectivity index (χ2n) is 5.55. The van der Waals surface area contributed by atoms with Crippen LogP contribution in [0.25, 0.3) is 0 Å². The summed E-state index contributed by atoms with van der Waals surface area (Å²) >= 11 is 1.57. The fraction of sp³-hybridized carbons (Fsp3) is 0.500. The number of carbonyl (C=O) groups excluding carboxylic acids is 1. The summed E-state index contributed by atoms with van der Waals surface area (Å²) in [6, 6.07) is 3.84. The summed E-state index contributed by atoms with van der Waals surface area (Å²) in [4.78, 5) is 18.5. The zero-order valence-corrected chi connectivity index (χ0v) is 14.0. The molecule has 1 fully saturated rings. The third-order valence-corrected chi connectivity index (χ3v) is 4.59. The van der Waals surface area contributed by atoms with Crippen molar-refractivity contribution >= 4 is 17.4 Å². The predicted octanol–water partition coefficient (Wildman–Crippen LogP) is 2.97. The van der Waals surface area contributed by atoms with Crippen LogP contribution in [-0.2, 0) is 17.8 Å². The molecule has 0 aliphatic carbocycles. The van der Waals surface area contributed by atoms with Crippen LogP contribution in [0.15, 0.2) is 27.4 Å². The summed E-state index contributed by atoms with van der Waals surface area (Å²) in [5.41, 5.74) is 2.82. The summed E-state index contributed by atoms with van der Waals surface area (Å²) < 4.78 is 10.9. The fourth-order valence-electron chi connectivity index (χ4n) is 2.86. The molecule has 2 amide bonds. The molecule has 3 heterocycles. The number of furan rings is 1. The molecule has 23 heavy (non-hydrogen) atoms. The van der Waals surface area contributed by atoms with Gasteiger partial charge in [-0.05, 0) is 25.0 Å². The van der Waals surface area contributed by atoms with Crippen molar-refractivity contribution in [2.24, 2.45) is 0 Å². The number of hydrogen-bond donors (Lipinski definition) is 1. The van der Waals surface area contributed by atoms with E-state index in [1.165, 1.54) is 0 Å². The van der Waals surface area contributed by atoms with E-state index >= 15 is 0 Å². The highest BCUT2D eigenvalue weighted by molar-refractivity contribution is 7.07. The first-order chi connectivity index (χ1) is 11.3. The van der Waals surface area contributed by atoms with Crippen LogP contribution in [0.2, 0.25) is 0 Å². The molecule has 0 saturated carbocycles. The third-order valence-electron chi connectivity index (χ3n) is 3.95. The van der Waals surface area contributed by atoms with Gasteiger partial charge >= 0.3 is 6.03 Å². The number of nitrogens with one attached hydrogen (secondary N) is 1. The Morgan fingerprint density at radius 1 is 1.57 bits per heavy atom. The van der Waals surface area contributed by atoms with Gasteiger partial charge in [-0.1, -0.05) is 0 Å². The summed E-state index contributed by atoms with van der Waals surface area (Å²) in [5, 5.41) is 4.98. The SMILES string of the molecule is COCc1ccc([C@H]2CCCN2C(=O)NCCc2cscn2)o1. The smallest absolute Gasteiger partial charge is 0.318 e. The average Bonchev–Trinajstić information content (AvgIpc) is 3.28. The molecule has 1 saturated heterocycles. The molecule has 1 aliphatic rings. The first-order valence-corrected chi connectivity index (χ1v) is 8.71. The minimum absolute atomic E-state index is 0.0138.